The lowest BCUT2D eigenvalue weighted by molar-refractivity contribution is -0.00862. The summed E-state index contributed by atoms with van der Waals surface area (Å²) in [6, 6.07) is 15.4. The Labute approximate surface area is 246 Å². The van der Waals surface area contributed by atoms with Gasteiger partial charge in [-0.1, -0.05) is 38.1 Å². The first-order valence-electron chi connectivity index (χ1n) is 14.0. The number of nitrogens with zero attached hydrogens (tertiary/aromatic N) is 2. The van der Waals surface area contributed by atoms with E-state index in [1.54, 1.807) is 14.2 Å². The van der Waals surface area contributed by atoms with Gasteiger partial charge >= 0.3 is 0 Å². The predicted molar refractivity (Wildman–Crippen MR) is 166 cm³/mol. The number of para-hydroxylation sites is 2. The molecule has 0 amide bonds. The highest BCUT2D eigenvalue weighted by atomic mass is 28.4. The third kappa shape index (κ3) is 13.3. The normalized spacial score (nSPS) is 13.2. The number of aliphatic imine (C=N–C) groups is 2. The zero-order valence-corrected chi connectivity index (χ0v) is 26.5. The lowest BCUT2D eigenvalue weighted by Crippen LogP contribution is -2.39. The smallest absolute Gasteiger partial charge is 0.189 e. The average Bonchev–Trinajstić information content (AvgIpc) is 2.94. The quantitative estimate of drug-likeness (QED) is 0.0908. The van der Waals surface area contributed by atoms with Crippen LogP contribution < -0.4 is 9.47 Å². The van der Waals surface area contributed by atoms with E-state index in [1.807, 2.05) is 74.1 Å². The van der Waals surface area contributed by atoms with Crippen LogP contribution in [0.15, 0.2) is 58.5 Å². The minimum Gasteiger partial charge on any atom is -0.467 e. The standard InChI is InChI=1S/C31H48N2O7Si/c1-31(2,41(5,6)34)16-15-28(33-22-27-12-8-10-14-30(27)40-25-38-20-18-36-4)23-32-21-26-11-7-9-13-29(26)39-24-37-19-17-35-3/h7-14,21-22,28,34H,15-20,23-25H2,1-6H3/b32-21+,33-22+/t28-/m0/s1. The molecule has 0 spiro atoms. The molecule has 2 aromatic carbocycles. The van der Waals surface area contributed by atoms with E-state index in [4.69, 9.17) is 38.4 Å². The SMILES string of the molecule is COCCOCOc1ccccc1/C=N/C[C@H](CCC(C)(C)[Si](C)(C)O)/N=C/c1ccccc1OCOCCOC. The van der Waals surface area contributed by atoms with Gasteiger partial charge in [-0.15, -0.1) is 0 Å². The molecule has 0 bridgehead atoms. The van der Waals surface area contributed by atoms with Crippen LogP contribution in [0.3, 0.4) is 0 Å². The van der Waals surface area contributed by atoms with Crippen LogP contribution in [0.1, 0.15) is 37.8 Å². The molecule has 228 valence electrons. The molecule has 0 aliphatic rings. The van der Waals surface area contributed by atoms with Crippen LogP contribution in [-0.4, -0.2) is 92.4 Å². The molecule has 0 heterocycles. The predicted octanol–water partition coefficient (Wildman–Crippen LogP) is 5.35. The first-order valence-corrected chi connectivity index (χ1v) is 16.9. The van der Waals surface area contributed by atoms with Crippen LogP contribution in [0.5, 0.6) is 11.5 Å². The summed E-state index contributed by atoms with van der Waals surface area (Å²) in [6.45, 7) is 11.0. The molecule has 0 saturated carbocycles. The fourth-order valence-electron chi connectivity index (χ4n) is 3.55. The second kappa shape index (κ2) is 18.8. The van der Waals surface area contributed by atoms with Gasteiger partial charge in [-0.3, -0.25) is 9.98 Å². The summed E-state index contributed by atoms with van der Waals surface area (Å²) in [5.74, 6) is 1.39. The zero-order chi connectivity index (χ0) is 30.0. The molecule has 0 radical (unpaired) electrons. The minimum atomic E-state index is -2.35. The summed E-state index contributed by atoms with van der Waals surface area (Å²) in [4.78, 5) is 20.5. The van der Waals surface area contributed by atoms with Gasteiger partial charge in [0.15, 0.2) is 21.9 Å². The van der Waals surface area contributed by atoms with Crippen molar-refractivity contribution < 1.29 is 33.2 Å². The molecule has 2 rings (SSSR count). The van der Waals surface area contributed by atoms with Crippen LogP contribution in [0.25, 0.3) is 0 Å². The lowest BCUT2D eigenvalue weighted by atomic mass is 10.0. The molecule has 0 aromatic heterocycles. The van der Waals surface area contributed by atoms with E-state index >= 15 is 0 Å². The molecule has 41 heavy (non-hydrogen) atoms. The van der Waals surface area contributed by atoms with Gasteiger partial charge in [0.05, 0.1) is 39.0 Å². The number of hydrogen-bond donors (Lipinski definition) is 1. The molecule has 10 heteroatoms. The van der Waals surface area contributed by atoms with E-state index in [0.29, 0.717) is 44.5 Å². The summed E-state index contributed by atoms with van der Waals surface area (Å²) in [5.41, 5.74) is 1.72. The number of methoxy groups -OCH3 is 2. The van der Waals surface area contributed by atoms with Crippen molar-refractivity contribution in [3.05, 3.63) is 59.7 Å². The van der Waals surface area contributed by atoms with Crippen LogP contribution in [0.4, 0.5) is 0 Å². The molecule has 9 nitrogen and oxygen atoms in total. The van der Waals surface area contributed by atoms with Gasteiger partial charge in [0.1, 0.15) is 11.5 Å². The Bertz CT molecular complexity index is 1060. The van der Waals surface area contributed by atoms with E-state index in [2.05, 4.69) is 13.8 Å². The van der Waals surface area contributed by atoms with Gasteiger partial charge in [-0.05, 0) is 55.2 Å². The average molecular weight is 589 g/mol. The molecular weight excluding hydrogens is 540 g/mol. The van der Waals surface area contributed by atoms with Crippen molar-refractivity contribution in [3.63, 3.8) is 0 Å². The zero-order valence-electron chi connectivity index (χ0n) is 25.5. The number of benzene rings is 2. The summed E-state index contributed by atoms with van der Waals surface area (Å²) in [7, 11) is 0.912. The maximum Gasteiger partial charge on any atom is 0.189 e. The van der Waals surface area contributed by atoms with E-state index in [-0.39, 0.29) is 24.7 Å². The highest BCUT2D eigenvalue weighted by molar-refractivity contribution is 6.72. The first-order chi connectivity index (χ1) is 19.7. The first kappa shape index (κ1) is 34.6. The van der Waals surface area contributed by atoms with Crippen LogP contribution >= 0.6 is 0 Å². The molecular formula is C31H48N2O7Si. The van der Waals surface area contributed by atoms with Gasteiger partial charge in [0.25, 0.3) is 0 Å². The van der Waals surface area contributed by atoms with Crippen LogP contribution in [-0.2, 0) is 18.9 Å². The fourth-order valence-corrected chi connectivity index (χ4v) is 4.31. The van der Waals surface area contributed by atoms with Gasteiger partial charge in [-0.25, -0.2) is 0 Å². The number of ether oxygens (including phenoxy) is 6. The third-order valence-electron chi connectivity index (χ3n) is 7.03. The van der Waals surface area contributed by atoms with E-state index in [1.165, 1.54) is 0 Å². The monoisotopic (exact) mass is 588 g/mol. The second-order valence-corrected chi connectivity index (χ2v) is 15.3. The van der Waals surface area contributed by atoms with Crippen LogP contribution in [0.2, 0.25) is 18.1 Å². The molecule has 0 fully saturated rings. The topological polar surface area (TPSA) is 100 Å². The Morgan fingerprint density at radius 3 is 1.83 bits per heavy atom. The van der Waals surface area contributed by atoms with Crippen molar-refractivity contribution in [2.24, 2.45) is 9.98 Å². The summed E-state index contributed by atoms with van der Waals surface area (Å²) in [6.07, 6.45) is 5.28. The Kier molecular flexibility index (Phi) is 15.8. The molecule has 1 N–H and O–H groups in total. The van der Waals surface area contributed by atoms with Crippen molar-refractivity contribution in [1.82, 2.24) is 0 Å². The lowest BCUT2D eigenvalue weighted by Gasteiger charge is -2.35. The largest absolute Gasteiger partial charge is 0.467 e. The van der Waals surface area contributed by atoms with Crippen LogP contribution in [0, 0.1) is 0 Å². The van der Waals surface area contributed by atoms with Gasteiger partial charge in [0, 0.05) is 37.8 Å². The van der Waals surface area contributed by atoms with E-state index < -0.39 is 8.32 Å². The number of rotatable bonds is 21. The molecule has 0 aliphatic heterocycles. The van der Waals surface area contributed by atoms with Crippen molar-refractivity contribution in [2.45, 2.75) is 50.9 Å². The van der Waals surface area contributed by atoms with Crippen molar-refractivity contribution >= 4 is 20.7 Å². The van der Waals surface area contributed by atoms with Gasteiger partial charge < -0.3 is 33.2 Å². The summed E-state index contributed by atoms with van der Waals surface area (Å²) < 4.78 is 32.5. The Balaban J connectivity index is 2.13. The molecule has 0 unspecified atom stereocenters. The molecule has 2 aromatic rings. The highest BCUT2D eigenvalue weighted by Gasteiger charge is 2.37. The van der Waals surface area contributed by atoms with E-state index in [9.17, 15) is 4.80 Å². The van der Waals surface area contributed by atoms with Crippen molar-refractivity contribution in [1.29, 1.82) is 0 Å². The highest BCUT2D eigenvalue weighted by Crippen LogP contribution is 2.40. The summed E-state index contributed by atoms with van der Waals surface area (Å²) >= 11 is 0. The molecule has 0 saturated heterocycles. The maximum absolute atomic E-state index is 10.8. The van der Waals surface area contributed by atoms with Gasteiger partial charge in [0.2, 0.25) is 0 Å². The minimum absolute atomic E-state index is 0.0849. The van der Waals surface area contributed by atoms with Crippen molar-refractivity contribution in [3.8, 4) is 11.5 Å². The maximum atomic E-state index is 10.8. The second-order valence-electron chi connectivity index (χ2n) is 10.8. The Morgan fingerprint density at radius 1 is 0.805 bits per heavy atom. The molecule has 1 atom stereocenters. The van der Waals surface area contributed by atoms with Gasteiger partial charge in [-0.2, -0.15) is 0 Å². The van der Waals surface area contributed by atoms with E-state index in [0.717, 1.165) is 24.0 Å². The third-order valence-corrected chi connectivity index (χ3v) is 10.6. The van der Waals surface area contributed by atoms with Crippen molar-refractivity contribution in [2.75, 3.05) is 60.8 Å². The molecule has 0 aliphatic carbocycles. The fraction of sp³-hybridized carbons (Fsp3) is 0.548. The summed E-state index contributed by atoms with van der Waals surface area (Å²) in [5, 5.41) is -0.158. The Morgan fingerprint density at radius 2 is 1.32 bits per heavy atom. The number of hydrogen-bond acceptors (Lipinski definition) is 9. The Hall–Kier alpha value is -2.60.